The van der Waals surface area contributed by atoms with E-state index >= 15 is 0 Å². The summed E-state index contributed by atoms with van der Waals surface area (Å²) in [4.78, 5) is 38.3. The summed E-state index contributed by atoms with van der Waals surface area (Å²) in [6.07, 6.45) is 3.66. The molecule has 0 atom stereocenters. The van der Waals surface area contributed by atoms with Crippen LogP contribution in [0.15, 0.2) is 60.2 Å². The van der Waals surface area contributed by atoms with E-state index in [1.165, 1.54) is 25.8 Å². The van der Waals surface area contributed by atoms with Crippen molar-refractivity contribution in [3.63, 3.8) is 0 Å². The van der Waals surface area contributed by atoms with E-state index in [2.05, 4.69) is 22.5 Å². The molecule has 2 N–H and O–H groups in total. The van der Waals surface area contributed by atoms with Crippen molar-refractivity contribution in [1.29, 1.82) is 0 Å². The molecule has 1 fully saturated rings. The SMILES string of the molecule is CC(=O)c1ccc(NC(=O)/C=C(/C)C(=O)Nc2ccc(N3CCC(C)CC3)cc2)cc1. The molecule has 0 bridgehead atoms. The molecule has 6 heteroatoms. The van der Waals surface area contributed by atoms with Gasteiger partial charge in [0.1, 0.15) is 0 Å². The Kier molecular flexibility index (Phi) is 7.23. The van der Waals surface area contributed by atoms with Gasteiger partial charge in [-0.25, -0.2) is 0 Å². The van der Waals surface area contributed by atoms with Gasteiger partial charge in [-0.15, -0.1) is 0 Å². The summed E-state index contributed by atoms with van der Waals surface area (Å²) >= 11 is 0. The van der Waals surface area contributed by atoms with Crippen molar-refractivity contribution in [2.24, 2.45) is 5.92 Å². The standard InChI is InChI=1S/C25H29N3O3/c1-17-12-14-28(15-13-17)23-10-8-22(9-11-23)27-25(31)18(2)16-24(30)26-21-6-4-20(5-7-21)19(3)29/h4-11,16-17H,12-15H2,1-3H3,(H,26,30)(H,27,31)/b18-16-. The van der Waals surface area contributed by atoms with Gasteiger partial charge in [0.25, 0.3) is 5.91 Å². The van der Waals surface area contributed by atoms with Crippen molar-refractivity contribution in [2.75, 3.05) is 28.6 Å². The number of benzene rings is 2. The summed E-state index contributed by atoms with van der Waals surface area (Å²) in [6.45, 7) is 7.48. The van der Waals surface area contributed by atoms with Crippen LogP contribution in [0.3, 0.4) is 0 Å². The molecule has 3 rings (SSSR count). The van der Waals surface area contributed by atoms with Crippen LogP contribution in [0.5, 0.6) is 0 Å². The lowest BCUT2D eigenvalue weighted by atomic mass is 9.99. The topological polar surface area (TPSA) is 78.5 Å². The number of anilines is 3. The van der Waals surface area contributed by atoms with E-state index in [9.17, 15) is 14.4 Å². The van der Waals surface area contributed by atoms with Crippen molar-refractivity contribution in [1.82, 2.24) is 0 Å². The molecule has 0 radical (unpaired) electrons. The first-order chi connectivity index (χ1) is 14.8. The molecule has 2 aromatic rings. The summed E-state index contributed by atoms with van der Waals surface area (Å²) in [5, 5.41) is 5.52. The van der Waals surface area contributed by atoms with Crippen molar-refractivity contribution in [3.8, 4) is 0 Å². The normalized spacial score (nSPS) is 14.8. The highest BCUT2D eigenvalue weighted by molar-refractivity contribution is 6.10. The number of nitrogens with one attached hydrogen (secondary N) is 2. The summed E-state index contributed by atoms with van der Waals surface area (Å²) < 4.78 is 0. The van der Waals surface area contributed by atoms with Gasteiger partial charge in [-0.2, -0.15) is 0 Å². The smallest absolute Gasteiger partial charge is 0.251 e. The third-order valence-electron chi connectivity index (χ3n) is 5.54. The predicted molar refractivity (Wildman–Crippen MR) is 125 cm³/mol. The van der Waals surface area contributed by atoms with Crippen LogP contribution >= 0.6 is 0 Å². The van der Waals surface area contributed by atoms with Gasteiger partial charge < -0.3 is 15.5 Å². The fourth-order valence-electron chi connectivity index (χ4n) is 3.48. The molecule has 1 saturated heterocycles. The molecule has 2 aromatic carbocycles. The molecule has 31 heavy (non-hydrogen) atoms. The number of Topliss-reactive ketones (excluding diaryl/α,β-unsaturated/α-hetero) is 1. The van der Waals surface area contributed by atoms with Crippen molar-refractivity contribution >= 4 is 34.7 Å². The van der Waals surface area contributed by atoms with Gasteiger partial charge in [-0.3, -0.25) is 14.4 Å². The minimum atomic E-state index is -0.405. The van der Waals surface area contributed by atoms with Crippen LogP contribution in [-0.4, -0.2) is 30.7 Å². The third kappa shape index (κ3) is 6.28. The molecule has 0 aromatic heterocycles. The first-order valence-corrected chi connectivity index (χ1v) is 10.6. The molecule has 2 amide bonds. The fourth-order valence-corrected chi connectivity index (χ4v) is 3.48. The molecule has 0 unspecified atom stereocenters. The Labute approximate surface area is 183 Å². The van der Waals surface area contributed by atoms with Gasteiger partial charge >= 0.3 is 0 Å². The van der Waals surface area contributed by atoms with Crippen LogP contribution in [0.1, 0.15) is 44.0 Å². The average molecular weight is 420 g/mol. The minimum absolute atomic E-state index is 0.0381. The van der Waals surface area contributed by atoms with Gasteiger partial charge in [-0.1, -0.05) is 6.92 Å². The third-order valence-corrected chi connectivity index (χ3v) is 5.54. The van der Waals surface area contributed by atoms with Crippen LogP contribution in [0.2, 0.25) is 0 Å². The number of carbonyl (C=O) groups is 3. The molecule has 0 saturated carbocycles. The highest BCUT2D eigenvalue weighted by atomic mass is 16.2. The van der Waals surface area contributed by atoms with Crippen molar-refractivity contribution in [3.05, 3.63) is 65.7 Å². The molecule has 1 aliphatic rings. The second kappa shape index (κ2) is 10.1. The predicted octanol–water partition coefficient (Wildman–Crippen LogP) is 4.65. The van der Waals surface area contributed by atoms with Crippen LogP contribution in [-0.2, 0) is 9.59 Å². The van der Waals surface area contributed by atoms with E-state index in [-0.39, 0.29) is 11.7 Å². The minimum Gasteiger partial charge on any atom is -0.372 e. The monoisotopic (exact) mass is 419 g/mol. The molecule has 1 heterocycles. The second-order valence-electron chi connectivity index (χ2n) is 8.12. The number of ketones is 1. The van der Waals surface area contributed by atoms with Crippen LogP contribution in [0.25, 0.3) is 0 Å². The van der Waals surface area contributed by atoms with Crippen LogP contribution in [0, 0.1) is 5.92 Å². The van der Waals surface area contributed by atoms with Crippen molar-refractivity contribution in [2.45, 2.75) is 33.6 Å². The van der Waals surface area contributed by atoms with Crippen molar-refractivity contribution < 1.29 is 14.4 Å². The van der Waals surface area contributed by atoms with Crippen LogP contribution in [0.4, 0.5) is 17.1 Å². The molecular weight excluding hydrogens is 390 g/mol. The number of piperidine rings is 1. The molecule has 162 valence electrons. The number of nitrogens with zero attached hydrogens (tertiary/aromatic N) is 1. The number of amides is 2. The first-order valence-electron chi connectivity index (χ1n) is 10.6. The average Bonchev–Trinajstić information content (AvgIpc) is 2.75. The second-order valence-corrected chi connectivity index (χ2v) is 8.12. The summed E-state index contributed by atoms with van der Waals surface area (Å²) in [5.41, 5.74) is 3.28. The van der Waals surface area contributed by atoms with E-state index in [1.807, 2.05) is 24.3 Å². The molecule has 6 nitrogen and oxygen atoms in total. The Morgan fingerprint density at radius 3 is 2.00 bits per heavy atom. The number of carbonyl (C=O) groups excluding carboxylic acids is 3. The number of rotatable bonds is 6. The quantitative estimate of drug-likeness (QED) is 0.528. The number of hydrogen-bond acceptors (Lipinski definition) is 4. The summed E-state index contributed by atoms with van der Waals surface area (Å²) in [6, 6.07) is 14.4. The van der Waals surface area contributed by atoms with Gasteiger partial charge in [0.05, 0.1) is 0 Å². The lowest BCUT2D eigenvalue weighted by Crippen LogP contribution is -2.32. The van der Waals surface area contributed by atoms with E-state index in [0.717, 1.165) is 24.7 Å². The maximum atomic E-state index is 12.4. The highest BCUT2D eigenvalue weighted by Crippen LogP contribution is 2.24. The largest absolute Gasteiger partial charge is 0.372 e. The van der Waals surface area contributed by atoms with Gasteiger partial charge in [0.2, 0.25) is 5.91 Å². The van der Waals surface area contributed by atoms with E-state index in [4.69, 9.17) is 0 Å². The molecule has 0 aliphatic carbocycles. The Balaban J connectivity index is 1.54. The first kappa shape index (κ1) is 22.3. The lowest BCUT2D eigenvalue weighted by Gasteiger charge is -2.32. The van der Waals surface area contributed by atoms with Crippen LogP contribution < -0.4 is 15.5 Å². The Bertz CT molecular complexity index is 970. The summed E-state index contributed by atoms with van der Waals surface area (Å²) in [7, 11) is 0. The Morgan fingerprint density at radius 1 is 0.871 bits per heavy atom. The highest BCUT2D eigenvalue weighted by Gasteiger charge is 2.16. The Morgan fingerprint density at radius 2 is 1.42 bits per heavy atom. The fraction of sp³-hybridized carbons (Fsp3) is 0.320. The van der Waals surface area contributed by atoms with E-state index in [0.29, 0.717) is 22.5 Å². The van der Waals surface area contributed by atoms with Gasteiger partial charge in [0, 0.05) is 47.4 Å². The van der Waals surface area contributed by atoms with Gasteiger partial charge in [0.15, 0.2) is 5.78 Å². The Hall–Kier alpha value is -3.41. The maximum Gasteiger partial charge on any atom is 0.251 e. The lowest BCUT2D eigenvalue weighted by molar-refractivity contribution is -0.114. The molecule has 1 aliphatic heterocycles. The number of hydrogen-bond donors (Lipinski definition) is 2. The summed E-state index contributed by atoms with van der Waals surface area (Å²) in [5.74, 6) is 0.00468. The van der Waals surface area contributed by atoms with E-state index < -0.39 is 5.91 Å². The zero-order chi connectivity index (χ0) is 22.4. The zero-order valence-corrected chi connectivity index (χ0v) is 18.3. The maximum absolute atomic E-state index is 12.4. The molecular formula is C25H29N3O3. The van der Waals surface area contributed by atoms with Gasteiger partial charge in [-0.05, 0) is 81.1 Å². The molecule has 0 spiro atoms. The van der Waals surface area contributed by atoms with E-state index in [1.54, 1.807) is 31.2 Å². The zero-order valence-electron chi connectivity index (χ0n) is 18.3.